The van der Waals surface area contributed by atoms with Crippen LogP contribution in [0.2, 0.25) is 0 Å². The van der Waals surface area contributed by atoms with Gasteiger partial charge in [-0.1, -0.05) is 48.5 Å². The monoisotopic (exact) mass is 479 g/mol. The maximum atomic E-state index is 13.0. The van der Waals surface area contributed by atoms with Gasteiger partial charge in [-0.2, -0.15) is 0 Å². The van der Waals surface area contributed by atoms with E-state index in [0.29, 0.717) is 13.0 Å². The van der Waals surface area contributed by atoms with Crippen molar-refractivity contribution < 1.29 is 24.2 Å². The molecule has 0 spiro atoms. The van der Waals surface area contributed by atoms with Gasteiger partial charge in [-0.25, -0.2) is 4.79 Å². The molecule has 0 aliphatic heterocycles. The lowest BCUT2D eigenvalue weighted by molar-refractivity contribution is -0.138. The number of nitrogens with zero attached hydrogens (tertiary/aromatic N) is 1. The number of alkyl carbamates (subject to hydrolysis) is 1. The molecule has 8 heteroatoms. The van der Waals surface area contributed by atoms with Gasteiger partial charge in [0.2, 0.25) is 5.91 Å². The van der Waals surface area contributed by atoms with Crippen molar-refractivity contribution in [2.75, 3.05) is 27.2 Å². The Labute approximate surface area is 205 Å². The number of carbonyl (C=O) groups excluding carboxylic acids is 2. The van der Waals surface area contributed by atoms with E-state index in [2.05, 4.69) is 34.9 Å². The van der Waals surface area contributed by atoms with Gasteiger partial charge >= 0.3 is 12.1 Å². The van der Waals surface area contributed by atoms with Crippen LogP contribution in [-0.2, 0) is 14.3 Å². The maximum absolute atomic E-state index is 13.0. The Bertz CT molecular complexity index is 1040. The number of ether oxygens (including phenoxy) is 1. The number of fused-ring (bicyclic) bond motifs is 3. The number of hydrogen-bond acceptors (Lipinski definition) is 5. The maximum Gasteiger partial charge on any atom is 0.407 e. The minimum Gasteiger partial charge on any atom is -0.481 e. The lowest BCUT2D eigenvalue weighted by Crippen LogP contribution is -2.53. The smallest absolute Gasteiger partial charge is 0.407 e. The van der Waals surface area contributed by atoms with Crippen molar-refractivity contribution in [1.29, 1.82) is 0 Å². The van der Waals surface area contributed by atoms with Crippen molar-refractivity contribution in [2.45, 2.75) is 43.7 Å². The standard InChI is InChI=1S/C27H33N3O5/c1-30(2)15-24(26(33)28-18-12-11-17(13-18)14-25(31)32)29-27(34)35-16-23-21-9-5-3-7-19(21)20-8-4-6-10-22(20)23/h3-10,17-18,23-24H,11-16H2,1-2H3,(H,28,33)(H,29,34)(H,31,32). The summed E-state index contributed by atoms with van der Waals surface area (Å²) >= 11 is 0. The fourth-order valence-corrected chi connectivity index (χ4v) is 5.28. The summed E-state index contributed by atoms with van der Waals surface area (Å²) in [7, 11) is 3.66. The van der Waals surface area contributed by atoms with E-state index in [-0.39, 0.29) is 36.8 Å². The quantitative estimate of drug-likeness (QED) is 0.510. The Morgan fingerprint density at radius 1 is 1.03 bits per heavy atom. The Morgan fingerprint density at radius 3 is 2.26 bits per heavy atom. The van der Waals surface area contributed by atoms with Crippen molar-refractivity contribution in [3.8, 4) is 11.1 Å². The summed E-state index contributed by atoms with van der Waals surface area (Å²) in [5.74, 6) is -1.09. The number of nitrogens with one attached hydrogen (secondary N) is 2. The molecule has 0 saturated heterocycles. The number of amides is 2. The van der Waals surface area contributed by atoms with Crippen LogP contribution in [0, 0.1) is 5.92 Å². The van der Waals surface area contributed by atoms with E-state index in [1.807, 2.05) is 43.3 Å². The summed E-state index contributed by atoms with van der Waals surface area (Å²) in [6.07, 6.45) is 1.63. The molecule has 2 amide bonds. The highest BCUT2D eigenvalue weighted by molar-refractivity contribution is 5.86. The lowest BCUT2D eigenvalue weighted by Gasteiger charge is -2.24. The zero-order chi connectivity index (χ0) is 24.9. The molecule has 186 valence electrons. The van der Waals surface area contributed by atoms with Gasteiger partial charge in [-0.15, -0.1) is 0 Å². The Kier molecular flexibility index (Phi) is 7.70. The van der Waals surface area contributed by atoms with Crippen molar-refractivity contribution >= 4 is 18.0 Å². The van der Waals surface area contributed by atoms with E-state index in [1.54, 1.807) is 0 Å². The first-order valence-corrected chi connectivity index (χ1v) is 12.1. The third kappa shape index (κ3) is 6.00. The molecule has 2 aliphatic rings. The van der Waals surface area contributed by atoms with Gasteiger partial charge in [-0.05, 0) is 61.5 Å². The number of benzene rings is 2. The fraction of sp³-hybridized carbons (Fsp3) is 0.444. The minimum atomic E-state index is -0.815. The number of likely N-dealkylation sites (N-methyl/N-ethyl adjacent to an activating group) is 1. The average molecular weight is 480 g/mol. The summed E-state index contributed by atoms with van der Waals surface area (Å²) < 4.78 is 5.62. The summed E-state index contributed by atoms with van der Waals surface area (Å²) in [5, 5.41) is 14.7. The SMILES string of the molecule is CN(C)CC(NC(=O)OCC1c2ccccc2-c2ccccc21)C(=O)NC1CCC(CC(=O)O)C1. The van der Waals surface area contributed by atoms with Crippen LogP contribution in [0.15, 0.2) is 48.5 Å². The van der Waals surface area contributed by atoms with Gasteiger partial charge in [0, 0.05) is 24.9 Å². The topological polar surface area (TPSA) is 108 Å². The molecule has 2 aromatic carbocycles. The van der Waals surface area contributed by atoms with Crippen LogP contribution in [0.5, 0.6) is 0 Å². The highest BCUT2D eigenvalue weighted by atomic mass is 16.5. The predicted molar refractivity (Wildman–Crippen MR) is 132 cm³/mol. The van der Waals surface area contributed by atoms with E-state index in [1.165, 1.54) is 0 Å². The number of carbonyl (C=O) groups is 3. The number of rotatable bonds is 9. The highest BCUT2D eigenvalue weighted by Gasteiger charge is 2.32. The molecule has 0 heterocycles. The first-order valence-electron chi connectivity index (χ1n) is 12.1. The van der Waals surface area contributed by atoms with Gasteiger partial charge < -0.3 is 25.4 Å². The predicted octanol–water partition coefficient (Wildman–Crippen LogP) is 3.21. The van der Waals surface area contributed by atoms with Gasteiger partial charge in [0.25, 0.3) is 0 Å². The van der Waals surface area contributed by atoms with Crippen LogP contribution in [-0.4, -0.2) is 67.3 Å². The number of carboxylic acid groups (broad SMARTS) is 1. The second kappa shape index (κ2) is 10.9. The molecule has 3 atom stereocenters. The fourth-order valence-electron chi connectivity index (χ4n) is 5.28. The molecule has 3 unspecified atom stereocenters. The van der Waals surface area contributed by atoms with Gasteiger partial charge in [0.15, 0.2) is 0 Å². The van der Waals surface area contributed by atoms with Crippen LogP contribution >= 0.6 is 0 Å². The summed E-state index contributed by atoms with van der Waals surface area (Å²) in [6.45, 7) is 0.497. The van der Waals surface area contributed by atoms with E-state index in [4.69, 9.17) is 9.84 Å². The minimum absolute atomic E-state index is 0.0565. The van der Waals surface area contributed by atoms with E-state index in [0.717, 1.165) is 35.1 Å². The average Bonchev–Trinajstić information content (AvgIpc) is 3.38. The molecular formula is C27H33N3O5. The normalized spacial score (nSPS) is 19.6. The van der Waals surface area contributed by atoms with Crippen molar-refractivity contribution in [2.24, 2.45) is 5.92 Å². The van der Waals surface area contributed by atoms with Crippen LogP contribution in [0.3, 0.4) is 0 Å². The highest BCUT2D eigenvalue weighted by Crippen LogP contribution is 2.44. The van der Waals surface area contributed by atoms with E-state index < -0.39 is 18.1 Å². The van der Waals surface area contributed by atoms with Crippen LogP contribution in [0.1, 0.15) is 42.7 Å². The van der Waals surface area contributed by atoms with Gasteiger partial charge in [-0.3, -0.25) is 9.59 Å². The molecule has 35 heavy (non-hydrogen) atoms. The molecular weight excluding hydrogens is 446 g/mol. The molecule has 4 rings (SSSR count). The van der Waals surface area contributed by atoms with E-state index in [9.17, 15) is 14.4 Å². The third-order valence-electron chi connectivity index (χ3n) is 6.85. The Balaban J connectivity index is 1.35. The zero-order valence-corrected chi connectivity index (χ0v) is 20.2. The number of carboxylic acids is 1. The van der Waals surface area contributed by atoms with Crippen molar-refractivity contribution in [3.05, 3.63) is 59.7 Å². The molecule has 0 bridgehead atoms. The van der Waals surface area contributed by atoms with Crippen LogP contribution in [0.4, 0.5) is 4.79 Å². The van der Waals surface area contributed by atoms with E-state index >= 15 is 0 Å². The molecule has 3 N–H and O–H groups in total. The summed E-state index contributed by atoms with van der Waals surface area (Å²) in [6, 6.07) is 15.4. The Morgan fingerprint density at radius 2 is 1.66 bits per heavy atom. The molecule has 2 aliphatic carbocycles. The lowest BCUT2D eigenvalue weighted by atomic mass is 9.98. The van der Waals surface area contributed by atoms with Crippen molar-refractivity contribution in [3.63, 3.8) is 0 Å². The van der Waals surface area contributed by atoms with Crippen LogP contribution < -0.4 is 10.6 Å². The van der Waals surface area contributed by atoms with Crippen molar-refractivity contribution in [1.82, 2.24) is 15.5 Å². The molecule has 0 radical (unpaired) electrons. The summed E-state index contributed by atoms with van der Waals surface area (Å²) in [4.78, 5) is 38.5. The zero-order valence-electron chi connectivity index (χ0n) is 20.2. The molecule has 2 aromatic rings. The second-order valence-corrected chi connectivity index (χ2v) is 9.77. The number of aliphatic carboxylic acids is 1. The second-order valence-electron chi connectivity index (χ2n) is 9.77. The number of hydrogen-bond donors (Lipinski definition) is 3. The van der Waals surface area contributed by atoms with Gasteiger partial charge in [0.1, 0.15) is 12.6 Å². The molecule has 8 nitrogen and oxygen atoms in total. The molecule has 1 saturated carbocycles. The molecule has 0 aromatic heterocycles. The Hall–Kier alpha value is -3.39. The third-order valence-corrected chi connectivity index (χ3v) is 6.85. The summed E-state index contributed by atoms with van der Waals surface area (Å²) in [5.41, 5.74) is 4.56. The van der Waals surface area contributed by atoms with Crippen LogP contribution in [0.25, 0.3) is 11.1 Å². The van der Waals surface area contributed by atoms with Gasteiger partial charge in [0.05, 0.1) is 0 Å². The largest absolute Gasteiger partial charge is 0.481 e. The first kappa shape index (κ1) is 24.7. The first-order chi connectivity index (χ1) is 16.8. The molecule has 1 fully saturated rings.